The number of Topliss-reactive ketones (excluding diaryl/α,β-unsaturated/α-hetero) is 1. The van der Waals surface area contributed by atoms with Crippen LogP contribution in [0.15, 0.2) is 0 Å². The molecule has 1 aliphatic heterocycles. The van der Waals surface area contributed by atoms with Gasteiger partial charge >= 0.3 is 46.3 Å². The number of imide groups is 1. The van der Waals surface area contributed by atoms with Gasteiger partial charge in [0.15, 0.2) is 6.23 Å². The zero-order valence-corrected chi connectivity index (χ0v) is 32.5. The van der Waals surface area contributed by atoms with Gasteiger partial charge < -0.3 is 69.3 Å². The Morgan fingerprint density at radius 1 is 0.981 bits per heavy atom. The van der Waals surface area contributed by atoms with Crippen molar-refractivity contribution in [3.8, 4) is 0 Å². The zero-order valence-electron chi connectivity index (χ0n) is 29.0. The molecule has 1 saturated heterocycles. The Labute approximate surface area is 330 Å². The van der Waals surface area contributed by atoms with Gasteiger partial charge in [0.25, 0.3) is 6.47 Å². The van der Waals surface area contributed by atoms with E-state index in [2.05, 4.69) is 26.0 Å². The number of amides is 6. The summed E-state index contributed by atoms with van der Waals surface area (Å²) in [4.78, 5) is 120. The number of nitrogens with zero attached hydrogens (tertiary/aromatic N) is 3. The molecule has 1 heterocycles. The number of unbranched alkanes of at least 4 members (excludes halogenated alkanes) is 2. The van der Waals surface area contributed by atoms with Crippen molar-refractivity contribution in [2.24, 2.45) is 0 Å². The standard InChI is InChI=1S/C30H45N6O14S2.O.Tc/c1-16(13-51)32-27(45)19(11-25(42)43)33-26(44)18(31)7-6-17(38)5-3-2-4-10-36-23(39)12-21(28(36)46)52-14-20(29(47)48)34-30(49)35-22(50-15-37)8-9-24(40)41;;/h15-16,18-22,31H,2-14H2,1H3,(H8,32,33,34,35,40,41,42,43,44,45,47,48,49,51);;/q-1;;+4/p-3/t16-,18+,19?,20+,21?,22-;;/m1../s1/i;;1+1. The van der Waals surface area contributed by atoms with Crippen molar-refractivity contribution in [1.82, 2.24) is 15.5 Å². The third-order valence-electron chi connectivity index (χ3n) is 7.27. The van der Waals surface area contributed by atoms with Crippen LogP contribution in [0.3, 0.4) is 0 Å². The van der Waals surface area contributed by atoms with Crippen molar-refractivity contribution < 1.29 is 90.4 Å². The van der Waals surface area contributed by atoms with Crippen LogP contribution in [0, 0.1) is 0 Å². The average Bonchev–Trinajstić information content (AvgIpc) is 3.38. The number of carboxylic acid groups (broad SMARTS) is 3. The van der Waals surface area contributed by atoms with E-state index in [0.29, 0.717) is 19.3 Å². The van der Waals surface area contributed by atoms with E-state index in [-0.39, 0.29) is 62.4 Å². The maximum absolute atomic E-state index is 12.8. The number of carboxylic acids is 3. The van der Waals surface area contributed by atoms with Gasteiger partial charge in [0, 0.05) is 56.2 Å². The fraction of sp³-hybridized carbons (Fsp3) is 0.667. The van der Waals surface area contributed by atoms with Crippen LogP contribution in [0.5, 0.6) is 0 Å². The molecule has 0 bridgehead atoms. The molecule has 1 fully saturated rings. The third-order valence-corrected chi connectivity index (χ3v) is 9.05. The van der Waals surface area contributed by atoms with Crippen LogP contribution in [0.2, 0.25) is 0 Å². The predicted octanol–water partition coefficient (Wildman–Crippen LogP) is 0.752. The number of carbonyl (C=O) groups excluding carboxylic acids is 7. The summed E-state index contributed by atoms with van der Waals surface area (Å²) in [6.07, 6.45) is -2.09. The number of aliphatic carboxylic acids is 3. The van der Waals surface area contributed by atoms with Crippen molar-refractivity contribution in [2.45, 2.75) is 107 Å². The topological polar surface area (TPSA) is 337 Å². The first-order valence-corrected chi connectivity index (χ1v) is 18.6. The molecule has 1 rings (SSSR count). The van der Waals surface area contributed by atoms with Crippen LogP contribution in [0.1, 0.15) is 71.1 Å². The fourth-order valence-electron chi connectivity index (χ4n) is 4.51. The molecule has 54 heavy (non-hydrogen) atoms. The number of urea groups is 1. The van der Waals surface area contributed by atoms with Crippen molar-refractivity contribution in [3.05, 3.63) is 16.4 Å². The number of ketones is 1. The fourth-order valence-corrected chi connectivity index (χ4v) is 5.76. The van der Waals surface area contributed by atoms with E-state index in [1.807, 2.05) is 0 Å². The van der Waals surface area contributed by atoms with Crippen LogP contribution in [-0.2, 0) is 82.9 Å². The normalized spacial score (nSPS) is 16.3. The molecule has 0 aliphatic carbocycles. The molecule has 1 aliphatic rings. The molecule has 6 amide bonds. The van der Waals surface area contributed by atoms with Gasteiger partial charge in [-0.3, -0.25) is 33.7 Å². The van der Waals surface area contributed by atoms with E-state index in [0.717, 1.165) is 35.5 Å². The third kappa shape index (κ3) is 20.5. The van der Waals surface area contributed by atoms with Crippen molar-refractivity contribution in [1.29, 1.82) is 0 Å². The Bertz CT molecular complexity index is 1350. The van der Waals surface area contributed by atoms with E-state index in [4.69, 9.17) is 32.1 Å². The molecule has 301 valence electrons. The van der Waals surface area contributed by atoms with Crippen LogP contribution in [0.4, 0.5) is 4.79 Å². The number of thioether (sulfide) groups is 1. The molecule has 0 aromatic carbocycles. The van der Waals surface area contributed by atoms with Crippen molar-refractivity contribution in [2.75, 3.05) is 18.1 Å². The van der Waals surface area contributed by atoms with E-state index in [9.17, 15) is 53.1 Å². The van der Waals surface area contributed by atoms with Crippen LogP contribution >= 0.6 is 11.8 Å². The molecular weight excluding hydrogens is 847 g/mol. The van der Waals surface area contributed by atoms with Crippen LogP contribution < -0.4 is 10.6 Å². The Morgan fingerprint density at radius 3 is 2.22 bits per heavy atom. The van der Waals surface area contributed by atoms with E-state index >= 15 is 0 Å². The molecule has 0 aromatic rings. The van der Waals surface area contributed by atoms with Gasteiger partial charge in [-0.25, -0.2) is 9.59 Å². The summed E-state index contributed by atoms with van der Waals surface area (Å²) < 4.78 is 12.8. The van der Waals surface area contributed by atoms with E-state index < -0.39 is 96.1 Å². The second-order valence-electron chi connectivity index (χ2n) is 11.6. The van der Waals surface area contributed by atoms with Gasteiger partial charge in [0.1, 0.15) is 11.8 Å². The first-order valence-electron chi connectivity index (χ1n) is 16.2. The minimum absolute atomic E-state index is 0.00843. The Morgan fingerprint density at radius 2 is 1.65 bits per heavy atom. The van der Waals surface area contributed by atoms with E-state index in [1.54, 1.807) is 6.92 Å². The van der Waals surface area contributed by atoms with Crippen LogP contribution in [-0.4, -0.2) is 134 Å². The van der Waals surface area contributed by atoms with Crippen molar-refractivity contribution in [3.63, 3.8) is 0 Å². The Hall–Kier alpha value is -3.99. The summed E-state index contributed by atoms with van der Waals surface area (Å²) in [5.41, 5.74) is 7.97. The molecule has 6 atom stereocenters. The number of nitrogens with one attached hydrogen (secondary N) is 3. The summed E-state index contributed by atoms with van der Waals surface area (Å²) in [7, 11) is 0. The number of ether oxygens (including phenoxy) is 1. The van der Waals surface area contributed by atoms with Gasteiger partial charge in [0.05, 0.1) is 11.7 Å². The molecule has 21 nitrogen and oxygen atoms in total. The predicted molar refractivity (Wildman–Crippen MR) is 184 cm³/mol. The second kappa shape index (κ2) is 27.6. The molecule has 24 heteroatoms. The molecule has 0 aromatic heterocycles. The average molecular weight is 890 g/mol. The first-order chi connectivity index (χ1) is 25.5. The monoisotopic (exact) mass is 889 g/mol. The van der Waals surface area contributed by atoms with E-state index in [1.165, 1.54) is 0 Å². The van der Waals surface area contributed by atoms with Gasteiger partial charge in [-0.1, -0.05) is 31.8 Å². The number of hydrogen-bond donors (Lipinski definition) is 5. The zero-order chi connectivity index (χ0) is 41.4. The Kier molecular flexibility index (Phi) is 25.5. The summed E-state index contributed by atoms with van der Waals surface area (Å²) in [6.45, 7) is 1.59. The molecule has 2 unspecified atom stereocenters. The summed E-state index contributed by atoms with van der Waals surface area (Å²) in [5.74, 6) is -7.52. The number of carbonyl (C=O) groups is 10. The van der Waals surface area contributed by atoms with Gasteiger partial charge in [-0.05, 0) is 12.8 Å². The maximum atomic E-state index is 12.8. The number of likely N-dealkylation sites (tertiary alicyclic amines) is 1. The number of rotatable bonds is 27. The summed E-state index contributed by atoms with van der Waals surface area (Å²) in [6, 6.07) is -6.25. The molecular formula is C30H42N6O15S2Tc. The molecule has 6 N–H and O–H groups in total. The first kappa shape index (κ1) is 50.0. The van der Waals surface area contributed by atoms with Gasteiger partial charge in [-0.2, -0.15) is 5.75 Å². The van der Waals surface area contributed by atoms with Crippen LogP contribution in [0.25, 0.3) is 16.4 Å². The second-order valence-corrected chi connectivity index (χ2v) is 13.1. The SMILES string of the molecule is C[C@H](C[S-])[N-]C(=O)C(CC(=O)O)[N-]C(=O)[C@@H]([NH-])CCC(=O)CCCCCN1C(=O)CC(SC[C@H](NC(=O)N[C@@H](CCC(=O)O)OC=O)C(=O)O)C1=O.[O]=[99Tc+4]. The summed E-state index contributed by atoms with van der Waals surface area (Å²) in [5, 5.41) is 37.9. The molecule has 0 spiro atoms. The Balaban J connectivity index is 0.0000138. The van der Waals surface area contributed by atoms with Gasteiger partial charge in [-0.15, -0.1) is 17.8 Å². The summed E-state index contributed by atoms with van der Waals surface area (Å²) >= 11 is 6.54. The quantitative estimate of drug-likeness (QED) is 0.0250. The molecule has 0 radical (unpaired) electrons. The number of hydrogen-bond acceptors (Lipinski definition) is 14. The van der Waals surface area contributed by atoms with Crippen molar-refractivity contribution >= 4 is 84.2 Å². The van der Waals surface area contributed by atoms with Gasteiger partial charge in [0.2, 0.25) is 11.8 Å². The minimum atomic E-state index is -1.60. The molecule has 0 saturated carbocycles.